The molecule has 2 aromatic carbocycles. The normalized spacial score (nSPS) is 12.1. The number of halogens is 1. The minimum atomic E-state index is -0.476. The molecule has 2 aromatic heterocycles. The first-order valence-electron chi connectivity index (χ1n) is 10.1. The highest BCUT2D eigenvalue weighted by Gasteiger charge is 2.25. The number of amides is 1. The molecule has 0 aliphatic rings. The molecule has 158 valence electrons. The molecule has 4 aromatic rings. The number of nitrogens with zero attached hydrogens (tertiary/aromatic N) is 3. The fourth-order valence-corrected chi connectivity index (χ4v) is 4.27. The lowest BCUT2D eigenvalue weighted by atomic mass is 10.2. The lowest BCUT2D eigenvalue weighted by Gasteiger charge is -2.21. The molecule has 4 rings (SSSR count). The number of benzene rings is 2. The molecular formula is C24H23ClN4O2. The van der Waals surface area contributed by atoms with Gasteiger partial charge >= 0.3 is 0 Å². The molecule has 0 saturated carbocycles. The predicted octanol–water partition coefficient (Wildman–Crippen LogP) is 5.05. The van der Waals surface area contributed by atoms with E-state index in [0.717, 1.165) is 16.8 Å². The summed E-state index contributed by atoms with van der Waals surface area (Å²) in [6.07, 6.45) is 2.26. The van der Waals surface area contributed by atoms with Crippen LogP contribution in [0.15, 0.2) is 65.6 Å². The molecule has 7 heteroatoms. The molecule has 0 aliphatic carbocycles. The van der Waals surface area contributed by atoms with Gasteiger partial charge in [-0.2, -0.15) is 9.78 Å². The average molecular weight is 435 g/mol. The van der Waals surface area contributed by atoms with Gasteiger partial charge in [-0.15, -0.1) is 0 Å². The van der Waals surface area contributed by atoms with Crippen molar-refractivity contribution in [2.45, 2.75) is 33.2 Å². The van der Waals surface area contributed by atoms with Gasteiger partial charge in [0.25, 0.3) is 5.56 Å². The van der Waals surface area contributed by atoms with Crippen LogP contribution in [0.3, 0.4) is 0 Å². The Balaban J connectivity index is 1.80. The van der Waals surface area contributed by atoms with E-state index in [0.29, 0.717) is 28.2 Å². The number of aryl methyl sites for hydroxylation is 2. The summed E-state index contributed by atoms with van der Waals surface area (Å²) in [5.41, 5.74) is 2.72. The topological polar surface area (TPSA) is 68.9 Å². The number of para-hydroxylation sites is 1. The number of carbonyl (C=O) groups is 1. The third-order valence-corrected chi connectivity index (χ3v) is 5.78. The van der Waals surface area contributed by atoms with Crippen molar-refractivity contribution >= 4 is 34.0 Å². The fourth-order valence-electron chi connectivity index (χ4n) is 4.08. The van der Waals surface area contributed by atoms with Crippen molar-refractivity contribution in [3.8, 4) is 5.69 Å². The summed E-state index contributed by atoms with van der Waals surface area (Å²) < 4.78 is 3.33. The number of aromatic nitrogens is 3. The second-order valence-electron chi connectivity index (χ2n) is 7.45. The lowest BCUT2D eigenvalue weighted by molar-refractivity contribution is -0.119. The first-order chi connectivity index (χ1) is 14.9. The van der Waals surface area contributed by atoms with Gasteiger partial charge in [-0.3, -0.25) is 9.59 Å². The lowest BCUT2D eigenvalue weighted by Crippen LogP contribution is -2.27. The van der Waals surface area contributed by atoms with Gasteiger partial charge in [-0.05, 0) is 50.6 Å². The number of nitrogens with one attached hydrogen (secondary N) is 1. The second kappa shape index (κ2) is 8.40. The highest BCUT2D eigenvalue weighted by molar-refractivity contribution is 6.30. The zero-order valence-corrected chi connectivity index (χ0v) is 18.3. The Morgan fingerprint density at radius 3 is 2.52 bits per heavy atom. The molecule has 1 amide bonds. The number of hydrogen-bond donors (Lipinski definition) is 1. The molecule has 0 saturated heterocycles. The van der Waals surface area contributed by atoms with E-state index in [9.17, 15) is 9.59 Å². The van der Waals surface area contributed by atoms with Crippen LogP contribution in [0.5, 0.6) is 0 Å². The Bertz CT molecular complexity index is 1320. The van der Waals surface area contributed by atoms with Crippen molar-refractivity contribution in [3.05, 3.63) is 87.6 Å². The monoisotopic (exact) mass is 434 g/mol. The molecule has 0 radical (unpaired) electrons. The standard InChI is InChI=1S/C24H23ClN4O2/c1-4-21(23(30)27-18-10-8-9-17(25)13-18)28-15(2)20-14-26-29(19-11-6-5-7-12-19)24(31)22(20)16(28)3/h5-14,21H,4H2,1-3H3,(H,27,30). The summed E-state index contributed by atoms with van der Waals surface area (Å²) in [4.78, 5) is 26.4. The van der Waals surface area contributed by atoms with Crippen LogP contribution < -0.4 is 10.9 Å². The molecule has 31 heavy (non-hydrogen) atoms. The zero-order valence-electron chi connectivity index (χ0n) is 17.6. The third kappa shape index (κ3) is 3.75. The Morgan fingerprint density at radius 2 is 1.84 bits per heavy atom. The summed E-state index contributed by atoms with van der Waals surface area (Å²) in [7, 11) is 0. The van der Waals surface area contributed by atoms with Gasteiger partial charge in [0.1, 0.15) is 6.04 Å². The van der Waals surface area contributed by atoms with E-state index in [2.05, 4.69) is 10.4 Å². The van der Waals surface area contributed by atoms with Crippen molar-refractivity contribution in [3.63, 3.8) is 0 Å². The molecule has 2 heterocycles. The largest absolute Gasteiger partial charge is 0.335 e. The van der Waals surface area contributed by atoms with Crippen molar-refractivity contribution < 1.29 is 4.79 Å². The number of carbonyl (C=O) groups excluding carboxylic acids is 1. The molecule has 0 aliphatic heterocycles. The van der Waals surface area contributed by atoms with E-state index in [1.807, 2.05) is 55.7 Å². The molecule has 0 bridgehead atoms. The van der Waals surface area contributed by atoms with Crippen molar-refractivity contribution in [2.24, 2.45) is 0 Å². The van der Waals surface area contributed by atoms with Crippen LogP contribution in [-0.4, -0.2) is 20.3 Å². The molecule has 0 fully saturated rings. The van der Waals surface area contributed by atoms with Crippen LogP contribution in [0.4, 0.5) is 5.69 Å². The Morgan fingerprint density at radius 1 is 1.10 bits per heavy atom. The number of anilines is 1. The molecule has 1 atom stereocenters. The van der Waals surface area contributed by atoms with E-state index >= 15 is 0 Å². The van der Waals surface area contributed by atoms with Crippen LogP contribution in [0.2, 0.25) is 5.02 Å². The second-order valence-corrected chi connectivity index (χ2v) is 7.89. The first kappa shape index (κ1) is 20.9. The SMILES string of the molecule is CCC(C(=O)Nc1cccc(Cl)c1)n1c(C)c2cnn(-c3ccccc3)c(=O)c2c1C. The molecular weight excluding hydrogens is 412 g/mol. The minimum Gasteiger partial charge on any atom is -0.335 e. The molecule has 1 unspecified atom stereocenters. The van der Waals surface area contributed by atoms with E-state index in [4.69, 9.17) is 11.6 Å². The van der Waals surface area contributed by atoms with Crippen LogP contribution in [0, 0.1) is 13.8 Å². The summed E-state index contributed by atoms with van der Waals surface area (Å²) in [6.45, 7) is 5.74. The van der Waals surface area contributed by atoms with Gasteiger partial charge in [0.2, 0.25) is 5.91 Å². The number of rotatable bonds is 5. The quantitative estimate of drug-likeness (QED) is 0.478. The summed E-state index contributed by atoms with van der Waals surface area (Å²) in [5, 5.41) is 9.20. The highest BCUT2D eigenvalue weighted by atomic mass is 35.5. The molecule has 1 N–H and O–H groups in total. The van der Waals surface area contributed by atoms with Gasteiger partial charge in [-0.25, -0.2) is 0 Å². The van der Waals surface area contributed by atoms with E-state index in [-0.39, 0.29) is 11.5 Å². The van der Waals surface area contributed by atoms with Gasteiger partial charge in [0.15, 0.2) is 0 Å². The van der Waals surface area contributed by atoms with E-state index < -0.39 is 6.04 Å². The van der Waals surface area contributed by atoms with Crippen LogP contribution in [0.1, 0.15) is 30.8 Å². The zero-order chi connectivity index (χ0) is 22.1. The predicted molar refractivity (Wildman–Crippen MR) is 124 cm³/mol. The number of hydrogen-bond acceptors (Lipinski definition) is 3. The number of fused-ring (bicyclic) bond motifs is 1. The molecule has 0 spiro atoms. The van der Waals surface area contributed by atoms with E-state index in [1.54, 1.807) is 30.5 Å². The van der Waals surface area contributed by atoms with Crippen molar-refractivity contribution in [1.82, 2.24) is 14.3 Å². The Labute approximate surface area is 185 Å². The fraction of sp³-hybridized carbons (Fsp3) is 0.208. The van der Waals surface area contributed by atoms with Gasteiger partial charge in [-0.1, -0.05) is 42.8 Å². The smallest absolute Gasteiger partial charge is 0.281 e. The molecule has 6 nitrogen and oxygen atoms in total. The van der Waals surface area contributed by atoms with Crippen LogP contribution in [-0.2, 0) is 4.79 Å². The maximum Gasteiger partial charge on any atom is 0.281 e. The third-order valence-electron chi connectivity index (χ3n) is 5.55. The Kier molecular flexibility index (Phi) is 5.65. The van der Waals surface area contributed by atoms with Crippen molar-refractivity contribution in [1.29, 1.82) is 0 Å². The van der Waals surface area contributed by atoms with Gasteiger partial charge < -0.3 is 9.88 Å². The summed E-state index contributed by atoms with van der Waals surface area (Å²) >= 11 is 6.04. The maximum atomic E-state index is 13.3. The average Bonchev–Trinajstić information content (AvgIpc) is 3.01. The van der Waals surface area contributed by atoms with Crippen LogP contribution >= 0.6 is 11.6 Å². The maximum absolute atomic E-state index is 13.3. The first-order valence-corrected chi connectivity index (χ1v) is 10.5. The summed E-state index contributed by atoms with van der Waals surface area (Å²) in [5.74, 6) is -0.160. The van der Waals surface area contributed by atoms with Gasteiger partial charge in [0.05, 0.1) is 17.3 Å². The Hall–Kier alpha value is -3.38. The van der Waals surface area contributed by atoms with Crippen molar-refractivity contribution in [2.75, 3.05) is 5.32 Å². The highest BCUT2D eigenvalue weighted by Crippen LogP contribution is 2.29. The summed E-state index contributed by atoms with van der Waals surface area (Å²) in [6, 6.07) is 15.9. The van der Waals surface area contributed by atoms with E-state index in [1.165, 1.54) is 4.68 Å². The van der Waals surface area contributed by atoms with Crippen LogP contribution in [0.25, 0.3) is 16.5 Å². The van der Waals surface area contributed by atoms with Gasteiger partial charge in [0, 0.05) is 27.5 Å². The minimum absolute atomic E-state index is 0.160.